The van der Waals surface area contributed by atoms with Crippen LogP contribution in [0, 0.1) is 0 Å². The Bertz CT molecular complexity index is 618. The fourth-order valence-corrected chi connectivity index (χ4v) is 3.00. The van der Waals surface area contributed by atoms with Crippen molar-refractivity contribution in [3.8, 4) is 0 Å². The zero-order chi connectivity index (χ0) is 18.0. The van der Waals surface area contributed by atoms with Crippen LogP contribution in [-0.4, -0.2) is 57.7 Å². The highest BCUT2D eigenvalue weighted by Crippen LogP contribution is 2.18. The first-order valence-electron chi connectivity index (χ1n) is 8.03. The minimum atomic E-state index is -2.97. The predicted octanol–water partition coefficient (Wildman–Crippen LogP) is 2.00. The third-order valence-corrected chi connectivity index (χ3v) is 4.78. The van der Waals surface area contributed by atoms with Crippen LogP contribution in [0.25, 0.3) is 0 Å². The molecule has 0 saturated heterocycles. The highest BCUT2D eigenvalue weighted by Gasteiger charge is 2.06. The highest BCUT2D eigenvalue weighted by molar-refractivity contribution is 14.0. The molecule has 1 aromatic heterocycles. The molecule has 10 heteroatoms. The maximum Gasteiger partial charge on any atom is 0.191 e. The molecule has 2 N–H and O–H groups in total. The Morgan fingerprint density at radius 2 is 2.08 bits per heavy atom. The highest BCUT2D eigenvalue weighted by atomic mass is 127. The van der Waals surface area contributed by atoms with E-state index in [0.717, 1.165) is 17.2 Å². The second-order valence-corrected chi connectivity index (χ2v) is 8.89. The molecule has 0 fully saturated rings. The van der Waals surface area contributed by atoms with Gasteiger partial charge >= 0.3 is 0 Å². The summed E-state index contributed by atoms with van der Waals surface area (Å²) in [5, 5.41) is 9.38. The smallest absolute Gasteiger partial charge is 0.191 e. The molecule has 0 atom stereocenters. The largest absolute Gasteiger partial charge is 0.379 e. The maximum atomic E-state index is 11.0. The minimum Gasteiger partial charge on any atom is -0.379 e. The van der Waals surface area contributed by atoms with Crippen molar-refractivity contribution >= 4 is 51.1 Å². The van der Waals surface area contributed by atoms with Crippen molar-refractivity contribution in [2.24, 2.45) is 4.99 Å². The average molecular weight is 504 g/mol. The van der Waals surface area contributed by atoms with Crippen LogP contribution >= 0.6 is 35.3 Å². The molecule has 0 aliphatic rings. The second-order valence-electron chi connectivity index (χ2n) is 5.69. The van der Waals surface area contributed by atoms with Gasteiger partial charge in [0.25, 0.3) is 0 Å². The summed E-state index contributed by atoms with van der Waals surface area (Å²) in [6.07, 6.45) is 1.20. The van der Waals surface area contributed by atoms with E-state index in [0.29, 0.717) is 31.6 Å². The van der Waals surface area contributed by atoms with Crippen molar-refractivity contribution < 1.29 is 13.2 Å². The number of hydrogen-bond donors (Lipinski definition) is 2. The number of nitrogens with one attached hydrogen (secondary N) is 2. The SMILES string of the molecule is CCNC(=NCc1nc(C(C)C)cs1)NCCOCCS(C)(=O)=O.I. The van der Waals surface area contributed by atoms with Gasteiger partial charge in [0, 0.05) is 24.7 Å². The Morgan fingerprint density at radius 1 is 1.36 bits per heavy atom. The fourth-order valence-electron chi connectivity index (χ4n) is 1.71. The van der Waals surface area contributed by atoms with E-state index in [-0.39, 0.29) is 36.3 Å². The van der Waals surface area contributed by atoms with Crippen molar-refractivity contribution in [3.63, 3.8) is 0 Å². The molecule has 0 aromatic carbocycles. The number of aliphatic imine (C=N–C) groups is 1. The Morgan fingerprint density at radius 3 is 2.64 bits per heavy atom. The van der Waals surface area contributed by atoms with Crippen LogP contribution in [0.5, 0.6) is 0 Å². The van der Waals surface area contributed by atoms with Gasteiger partial charge in [0.05, 0.1) is 31.2 Å². The van der Waals surface area contributed by atoms with Crippen LogP contribution in [-0.2, 0) is 21.1 Å². The molecule has 0 unspecified atom stereocenters. The van der Waals surface area contributed by atoms with Crippen LogP contribution in [0.3, 0.4) is 0 Å². The standard InChI is InChI=1S/C15H28N4O3S2.HI/c1-5-16-15(17-6-7-22-8-9-24(4,20)21)18-10-14-19-13(11-23-14)12(2)3;/h11-12H,5-10H2,1-4H3,(H2,16,17,18);1H. The van der Waals surface area contributed by atoms with E-state index in [1.807, 2.05) is 6.92 Å². The Kier molecular flexibility index (Phi) is 12.6. The summed E-state index contributed by atoms with van der Waals surface area (Å²) in [7, 11) is -2.97. The summed E-state index contributed by atoms with van der Waals surface area (Å²) in [5.41, 5.74) is 1.10. The topological polar surface area (TPSA) is 92.7 Å². The Hall–Kier alpha value is -0.460. The van der Waals surface area contributed by atoms with Crippen molar-refractivity contribution in [1.82, 2.24) is 15.6 Å². The van der Waals surface area contributed by atoms with E-state index < -0.39 is 9.84 Å². The molecule has 0 aliphatic carbocycles. The molecular formula is C15H29IN4O3S2. The molecule has 0 radical (unpaired) electrons. The molecule has 25 heavy (non-hydrogen) atoms. The number of hydrogen-bond acceptors (Lipinski definition) is 6. The number of rotatable bonds is 10. The second kappa shape index (κ2) is 12.8. The van der Waals surface area contributed by atoms with E-state index >= 15 is 0 Å². The molecule has 0 saturated carbocycles. The van der Waals surface area contributed by atoms with Gasteiger partial charge in [-0.2, -0.15) is 0 Å². The number of sulfone groups is 1. The summed E-state index contributed by atoms with van der Waals surface area (Å²) in [6.45, 7) is 8.73. The van der Waals surface area contributed by atoms with Gasteiger partial charge in [-0.3, -0.25) is 0 Å². The molecule has 0 aliphatic heterocycles. The molecule has 1 aromatic rings. The number of ether oxygens (including phenoxy) is 1. The predicted molar refractivity (Wildman–Crippen MR) is 115 cm³/mol. The van der Waals surface area contributed by atoms with E-state index in [2.05, 4.69) is 39.8 Å². The van der Waals surface area contributed by atoms with Crippen LogP contribution in [0.15, 0.2) is 10.4 Å². The molecule has 0 bridgehead atoms. The number of guanidine groups is 1. The van der Waals surface area contributed by atoms with Gasteiger partial charge in [-0.1, -0.05) is 13.8 Å². The van der Waals surface area contributed by atoms with Gasteiger partial charge in [-0.15, -0.1) is 35.3 Å². The Balaban J connectivity index is 0.00000576. The minimum absolute atomic E-state index is 0. The van der Waals surface area contributed by atoms with Crippen LogP contribution in [0.2, 0.25) is 0 Å². The number of halogens is 1. The lowest BCUT2D eigenvalue weighted by Gasteiger charge is -2.11. The van der Waals surface area contributed by atoms with Gasteiger partial charge in [-0.25, -0.2) is 18.4 Å². The molecule has 146 valence electrons. The first-order valence-corrected chi connectivity index (χ1v) is 11.0. The number of thiazole rings is 1. The lowest BCUT2D eigenvalue weighted by Crippen LogP contribution is -2.39. The molecular weight excluding hydrogens is 475 g/mol. The maximum absolute atomic E-state index is 11.0. The quantitative estimate of drug-likeness (QED) is 0.219. The zero-order valence-corrected chi connectivity index (χ0v) is 19.2. The number of aromatic nitrogens is 1. The van der Waals surface area contributed by atoms with Crippen molar-refractivity contribution in [3.05, 3.63) is 16.1 Å². The van der Waals surface area contributed by atoms with Crippen LogP contribution in [0.4, 0.5) is 0 Å². The van der Waals surface area contributed by atoms with Gasteiger partial charge in [0.1, 0.15) is 14.8 Å². The van der Waals surface area contributed by atoms with Crippen LogP contribution in [0.1, 0.15) is 37.4 Å². The summed E-state index contributed by atoms with van der Waals surface area (Å²) < 4.78 is 27.3. The lowest BCUT2D eigenvalue weighted by molar-refractivity contribution is 0.154. The zero-order valence-electron chi connectivity index (χ0n) is 15.2. The summed E-state index contributed by atoms with van der Waals surface area (Å²) in [6, 6.07) is 0. The van der Waals surface area contributed by atoms with Crippen LogP contribution < -0.4 is 10.6 Å². The van der Waals surface area contributed by atoms with Gasteiger partial charge in [-0.05, 0) is 12.8 Å². The first-order chi connectivity index (χ1) is 11.3. The molecule has 0 amide bonds. The van der Waals surface area contributed by atoms with E-state index in [9.17, 15) is 8.42 Å². The van der Waals surface area contributed by atoms with Crippen molar-refractivity contribution in [2.75, 3.05) is 38.3 Å². The van der Waals surface area contributed by atoms with Crippen molar-refractivity contribution in [1.29, 1.82) is 0 Å². The van der Waals surface area contributed by atoms with Gasteiger partial charge in [0.2, 0.25) is 0 Å². The van der Waals surface area contributed by atoms with E-state index in [1.54, 1.807) is 11.3 Å². The monoisotopic (exact) mass is 504 g/mol. The molecule has 1 rings (SSSR count). The lowest BCUT2D eigenvalue weighted by atomic mass is 10.2. The summed E-state index contributed by atoms with van der Waals surface area (Å²) >= 11 is 1.62. The van der Waals surface area contributed by atoms with Crippen molar-refractivity contribution in [2.45, 2.75) is 33.2 Å². The van der Waals surface area contributed by atoms with E-state index in [1.165, 1.54) is 6.26 Å². The third-order valence-electron chi connectivity index (χ3n) is 3.02. The summed E-state index contributed by atoms with van der Waals surface area (Å²) in [4.78, 5) is 9.06. The molecule has 0 spiro atoms. The first kappa shape index (κ1) is 24.5. The Labute approximate surface area is 172 Å². The van der Waals surface area contributed by atoms with E-state index in [4.69, 9.17) is 4.74 Å². The molecule has 1 heterocycles. The average Bonchev–Trinajstić information content (AvgIpc) is 2.96. The van der Waals surface area contributed by atoms with Gasteiger partial charge in [0.15, 0.2) is 5.96 Å². The fraction of sp³-hybridized carbons (Fsp3) is 0.733. The normalized spacial score (nSPS) is 12.1. The van der Waals surface area contributed by atoms with Gasteiger partial charge < -0.3 is 15.4 Å². The number of nitrogens with zero attached hydrogens (tertiary/aromatic N) is 2. The third kappa shape index (κ3) is 11.7. The summed E-state index contributed by atoms with van der Waals surface area (Å²) in [5.74, 6) is 1.17. The molecule has 7 nitrogen and oxygen atoms in total.